The van der Waals surface area contributed by atoms with Crippen molar-refractivity contribution in [3.05, 3.63) is 30.0 Å². The van der Waals surface area contributed by atoms with Crippen LogP contribution in [-0.4, -0.2) is 13.4 Å². The number of fused-ring (bicyclic) bond motifs is 1. The lowest BCUT2D eigenvalue weighted by Crippen LogP contribution is -1.82. The number of furan rings is 1. The minimum absolute atomic E-state index is 0.550. The number of methoxy groups -OCH3 is 1. The average molecular weight is 176 g/mol. The molecular weight excluding hydrogens is 168 g/mol. The van der Waals surface area contributed by atoms with E-state index in [2.05, 4.69) is 0 Å². The summed E-state index contributed by atoms with van der Waals surface area (Å²) in [7, 11) is 1.57. The highest BCUT2D eigenvalue weighted by atomic mass is 16.5. The molecule has 0 fully saturated rings. The molecule has 0 unspecified atom stereocenters. The molecule has 2 aromatic rings. The van der Waals surface area contributed by atoms with Gasteiger partial charge in [-0.15, -0.1) is 0 Å². The third-order valence-corrected chi connectivity index (χ3v) is 1.94. The fourth-order valence-corrected chi connectivity index (χ4v) is 1.30. The first-order valence-electron chi connectivity index (χ1n) is 3.86. The second-order valence-electron chi connectivity index (χ2n) is 2.65. The molecule has 0 radical (unpaired) electrons. The van der Waals surface area contributed by atoms with Gasteiger partial charge >= 0.3 is 0 Å². The highest BCUT2D eigenvalue weighted by Gasteiger charge is 2.08. The summed E-state index contributed by atoms with van der Waals surface area (Å²) in [5, 5.41) is 0.786. The molecule has 3 heteroatoms. The Balaban J connectivity index is 2.79. The third kappa shape index (κ3) is 1.09. The number of rotatable bonds is 2. The lowest BCUT2D eigenvalue weighted by atomic mass is 10.2. The van der Waals surface area contributed by atoms with Crippen molar-refractivity contribution in [3.63, 3.8) is 0 Å². The third-order valence-electron chi connectivity index (χ3n) is 1.94. The van der Waals surface area contributed by atoms with Gasteiger partial charge in [-0.2, -0.15) is 0 Å². The van der Waals surface area contributed by atoms with Crippen LogP contribution in [0.4, 0.5) is 0 Å². The van der Waals surface area contributed by atoms with E-state index in [1.165, 1.54) is 6.26 Å². The molecule has 0 aliphatic rings. The quantitative estimate of drug-likeness (QED) is 0.659. The maximum absolute atomic E-state index is 10.6. The van der Waals surface area contributed by atoms with Gasteiger partial charge < -0.3 is 9.15 Å². The molecule has 0 amide bonds. The summed E-state index contributed by atoms with van der Waals surface area (Å²) in [6, 6.07) is 5.44. The van der Waals surface area contributed by atoms with Crippen LogP contribution < -0.4 is 4.74 Å². The van der Waals surface area contributed by atoms with Gasteiger partial charge in [0.1, 0.15) is 6.26 Å². The molecule has 0 saturated heterocycles. The average Bonchev–Trinajstić information content (AvgIpc) is 2.60. The second-order valence-corrected chi connectivity index (χ2v) is 2.65. The number of aldehydes is 1. The molecule has 0 spiro atoms. The molecule has 0 N–H and O–H groups in total. The molecule has 1 aromatic heterocycles. The Bertz CT molecular complexity index is 442. The molecule has 0 aliphatic carbocycles. The van der Waals surface area contributed by atoms with Crippen molar-refractivity contribution >= 4 is 17.3 Å². The summed E-state index contributed by atoms with van der Waals surface area (Å²) in [6.07, 6.45) is 2.20. The number of ether oxygens (including phenoxy) is 1. The van der Waals surface area contributed by atoms with Crippen LogP contribution in [0.3, 0.4) is 0 Å². The topological polar surface area (TPSA) is 39.4 Å². The van der Waals surface area contributed by atoms with Crippen molar-refractivity contribution in [1.29, 1.82) is 0 Å². The van der Waals surface area contributed by atoms with Crippen molar-refractivity contribution in [2.45, 2.75) is 0 Å². The maximum atomic E-state index is 10.6. The van der Waals surface area contributed by atoms with Gasteiger partial charge in [-0.1, -0.05) is 12.1 Å². The minimum atomic E-state index is 0.550. The Kier molecular flexibility index (Phi) is 1.77. The Morgan fingerprint density at radius 3 is 3.00 bits per heavy atom. The monoisotopic (exact) mass is 176 g/mol. The molecule has 3 nitrogen and oxygen atoms in total. The van der Waals surface area contributed by atoms with Crippen molar-refractivity contribution in [2.24, 2.45) is 0 Å². The minimum Gasteiger partial charge on any atom is -0.493 e. The fourth-order valence-electron chi connectivity index (χ4n) is 1.30. The molecule has 2 rings (SSSR count). The van der Waals surface area contributed by atoms with Crippen LogP contribution in [0.1, 0.15) is 10.4 Å². The molecule has 0 aliphatic heterocycles. The molecule has 66 valence electrons. The van der Waals surface area contributed by atoms with Gasteiger partial charge in [0.15, 0.2) is 17.6 Å². The van der Waals surface area contributed by atoms with Gasteiger partial charge in [-0.3, -0.25) is 4.79 Å². The zero-order valence-electron chi connectivity index (χ0n) is 7.11. The van der Waals surface area contributed by atoms with E-state index in [4.69, 9.17) is 9.15 Å². The standard InChI is InChI=1S/C10H8O3/c1-12-9-4-2-3-8-7(5-11)6-13-10(8)9/h2-6H,1H3. The number of carbonyl (C=O) groups excluding carboxylic acids is 1. The zero-order valence-corrected chi connectivity index (χ0v) is 7.11. The van der Waals surface area contributed by atoms with E-state index in [0.717, 1.165) is 11.7 Å². The van der Waals surface area contributed by atoms with E-state index in [0.29, 0.717) is 16.9 Å². The number of carbonyl (C=O) groups is 1. The summed E-state index contributed by atoms with van der Waals surface area (Å²) >= 11 is 0. The van der Waals surface area contributed by atoms with Gasteiger partial charge in [0.2, 0.25) is 0 Å². The number of hydrogen-bond acceptors (Lipinski definition) is 3. The van der Waals surface area contributed by atoms with E-state index < -0.39 is 0 Å². The van der Waals surface area contributed by atoms with E-state index >= 15 is 0 Å². The van der Waals surface area contributed by atoms with Gasteiger partial charge in [-0.05, 0) is 6.07 Å². The molecule has 0 saturated carbocycles. The Morgan fingerprint density at radius 1 is 1.46 bits per heavy atom. The zero-order chi connectivity index (χ0) is 9.26. The molecule has 13 heavy (non-hydrogen) atoms. The van der Waals surface area contributed by atoms with E-state index in [1.807, 2.05) is 12.1 Å². The summed E-state index contributed by atoms with van der Waals surface area (Å²) in [4.78, 5) is 10.6. The van der Waals surface area contributed by atoms with Crippen LogP contribution in [0.25, 0.3) is 11.0 Å². The fraction of sp³-hybridized carbons (Fsp3) is 0.100. The first kappa shape index (κ1) is 7.86. The smallest absolute Gasteiger partial charge is 0.176 e. The highest BCUT2D eigenvalue weighted by Crippen LogP contribution is 2.28. The Hall–Kier alpha value is -1.77. The lowest BCUT2D eigenvalue weighted by molar-refractivity contribution is 0.112. The van der Waals surface area contributed by atoms with Crippen LogP contribution in [0, 0.1) is 0 Å². The van der Waals surface area contributed by atoms with E-state index in [-0.39, 0.29) is 0 Å². The number of hydrogen-bond donors (Lipinski definition) is 0. The summed E-state index contributed by atoms with van der Waals surface area (Å²) in [5.41, 5.74) is 1.17. The summed E-state index contributed by atoms with van der Waals surface area (Å²) < 4.78 is 10.3. The molecule has 1 aromatic carbocycles. The second kappa shape index (κ2) is 2.94. The first-order valence-corrected chi connectivity index (χ1v) is 3.86. The SMILES string of the molecule is COc1cccc2c(C=O)coc12. The van der Waals surface area contributed by atoms with Crippen LogP contribution in [-0.2, 0) is 0 Å². The Morgan fingerprint density at radius 2 is 2.31 bits per heavy atom. The van der Waals surface area contributed by atoms with Gasteiger partial charge in [0.25, 0.3) is 0 Å². The van der Waals surface area contributed by atoms with Gasteiger partial charge in [-0.25, -0.2) is 0 Å². The van der Waals surface area contributed by atoms with E-state index in [9.17, 15) is 4.79 Å². The van der Waals surface area contributed by atoms with Crippen LogP contribution >= 0.6 is 0 Å². The molecular formula is C10H8O3. The summed E-state index contributed by atoms with van der Waals surface area (Å²) in [5.74, 6) is 0.644. The number of benzene rings is 1. The number of para-hydroxylation sites is 1. The van der Waals surface area contributed by atoms with Crippen molar-refractivity contribution in [3.8, 4) is 5.75 Å². The molecule has 1 heterocycles. The largest absolute Gasteiger partial charge is 0.493 e. The first-order chi connectivity index (χ1) is 6.36. The lowest BCUT2D eigenvalue weighted by Gasteiger charge is -1.98. The Labute approximate surface area is 74.9 Å². The molecule has 0 bridgehead atoms. The summed E-state index contributed by atoms with van der Waals surface area (Å²) in [6.45, 7) is 0. The van der Waals surface area contributed by atoms with Crippen molar-refractivity contribution in [2.75, 3.05) is 7.11 Å². The van der Waals surface area contributed by atoms with Crippen LogP contribution in [0.15, 0.2) is 28.9 Å². The van der Waals surface area contributed by atoms with Crippen molar-refractivity contribution < 1.29 is 13.9 Å². The van der Waals surface area contributed by atoms with Gasteiger partial charge in [0.05, 0.1) is 12.7 Å². The predicted molar refractivity (Wildman–Crippen MR) is 48.2 cm³/mol. The van der Waals surface area contributed by atoms with Crippen LogP contribution in [0.5, 0.6) is 5.75 Å². The van der Waals surface area contributed by atoms with Crippen molar-refractivity contribution in [1.82, 2.24) is 0 Å². The van der Waals surface area contributed by atoms with Crippen LogP contribution in [0.2, 0.25) is 0 Å². The molecule has 0 atom stereocenters. The predicted octanol–water partition coefficient (Wildman–Crippen LogP) is 2.25. The highest BCUT2D eigenvalue weighted by molar-refractivity contribution is 5.98. The maximum Gasteiger partial charge on any atom is 0.176 e. The van der Waals surface area contributed by atoms with Gasteiger partial charge in [0, 0.05) is 5.39 Å². The van der Waals surface area contributed by atoms with E-state index in [1.54, 1.807) is 13.2 Å². The normalized spacial score (nSPS) is 10.2.